The topological polar surface area (TPSA) is 29.1 Å². The molecule has 0 unspecified atom stereocenters. The van der Waals surface area contributed by atoms with Gasteiger partial charge in [-0.3, -0.25) is 4.79 Å². The molecule has 1 saturated carbocycles. The first-order chi connectivity index (χ1) is 9.56. The summed E-state index contributed by atoms with van der Waals surface area (Å²) in [7, 11) is 0. The molecule has 0 atom stereocenters. The Kier molecular flexibility index (Phi) is 5.09. The van der Waals surface area contributed by atoms with E-state index >= 15 is 0 Å². The van der Waals surface area contributed by atoms with Crippen LogP contribution < -0.4 is 5.32 Å². The van der Waals surface area contributed by atoms with E-state index in [9.17, 15) is 4.79 Å². The predicted molar refractivity (Wildman–Crippen MR) is 84.5 cm³/mol. The summed E-state index contributed by atoms with van der Waals surface area (Å²) in [5, 5.41) is 3.18. The minimum Gasteiger partial charge on any atom is -0.345 e. The van der Waals surface area contributed by atoms with Crippen molar-refractivity contribution in [3.63, 3.8) is 0 Å². The summed E-state index contributed by atoms with van der Waals surface area (Å²) in [4.78, 5) is 12.4. The first-order valence-corrected chi connectivity index (χ1v) is 8.08. The fraction of sp³-hybridized carbons (Fsp3) is 0.588. The lowest BCUT2D eigenvalue weighted by Crippen LogP contribution is -2.51. The number of rotatable bonds is 4. The monoisotopic (exact) mass is 293 g/mol. The molecule has 1 N–H and O–H groups in total. The van der Waals surface area contributed by atoms with Gasteiger partial charge in [-0.1, -0.05) is 45.2 Å². The molecule has 0 aliphatic heterocycles. The molecule has 0 spiro atoms. The zero-order valence-corrected chi connectivity index (χ0v) is 13.2. The molecule has 0 bridgehead atoms. The van der Waals surface area contributed by atoms with Crippen molar-refractivity contribution in [3.8, 4) is 0 Å². The van der Waals surface area contributed by atoms with E-state index in [2.05, 4.69) is 19.2 Å². The van der Waals surface area contributed by atoms with Crippen molar-refractivity contribution in [3.05, 3.63) is 35.4 Å². The van der Waals surface area contributed by atoms with Crippen LogP contribution in [0, 0.1) is 0 Å². The third-order valence-corrected chi connectivity index (χ3v) is 4.80. The average Bonchev–Trinajstić information content (AvgIpc) is 2.48. The van der Waals surface area contributed by atoms with Crippen molar-refractivity contribution < 1.29 is 4.79 Å². The highest BCUT2D eigenvalue weighted by molar-refractivity contribution is 6.19. The van der Waals surface area contributed by atoms with Gasteiger partial charge in [0.15, 0.2) is 0 Å². The fourth-order valence-corrected chi connectivity index (χ4v) is 3.19. The molecule has 0 radical (unpaired) electrons. The van der Waals surface area contributed by atoms with Gasteiger partial charge < -0.3 is 5.32 Å². The standard InChI is InChI=1S/C17H24ClNO/c1-13(2)14-6-8-15(9-7-14)16(20)19-17(12-18)10-4-3-5-11-17/h6-9,13H,3-5,10-12H2,1-2H3,(H,19,20). The lowest BCUT2D eigenvalue weighted by Gasteiger charge is -2.36. The van der Waals surface area contributed by atoms with Crippen LogP contribution >= 0.6 is 11.6 Å². The van der Waals surface area contributed by atoms with E-state index < -0.39 is 0 Å². The molecule has 1 amide bonds. The van der Waals surface area contributed by atoms with Crippen LogP contribution in [0.25, 0.3) is 0 Å². The summed E-state index contributed by atoms with van der Waals surface area (Å²) in [5.41, 5.74) is 1.78. The maximum atomic E-state index is 12.4. The van der Waals surface area contributed by atoms with Crippen LogP contribution in [0.5, 0.6) is 0 Å². The van der Waals surface area contributed by atoms with Crippen LogP contribution in [-0.2, 0) is 0 Å². The van der Waals surface area contributed by atoms with Gasteiger partial charge in [0.05, 0.1) is 5.54 Å². The zero-order valence-electron chi connectivity index (χ0n) is 12.4. The normalized spacial score (nSPS) is 18.0. The number of hydrogen-bond donors (Lipinski definition) is 1. The van der Waals surface area contributed by atoms with E-state index in [1.54, 1.807) is 0 Å². The quantitative estimate of drug-likeness (QED) is 0.815. The first-order valence-electron chi connectivity index (χ1n) is 7.55. The third-order valence-electron chi connectivity index (χ3n) is 4.28. The second-order valence-electron chi connectivity index (χ2n) is 6.21. The van der Waals surface area contributed by atoms with Crippen LogP contribution in [0.2, 0.25) is 0 Å². The third kappa shape index (κ3) is 3.54. The van der Waals surface area contributed by atoms with Crippen molar-refractivity contribution in [2.24, 2.45) is 0 Å². The molecule has 1 aromatic rings. The summed E-state index contributed by atoms with van der Waals surface area (Å²) in [6.45, 7) is 4.30. The average molecular weight is 294 g/mol. The number of carbonyl (C=O) groups is 1. The Morgan fingerprint density at radius 1 is 1.20 bits per heavy atom. The van der Waals surface area contributed by atoms with Gasteiger partial charge in [0.25, 0.3) is 5.91 Å². The minimum absolute atomic E-state index is 0.00264. The SMILES string of the molecule is CC(C)c1ccc(C(=O)NC2(CCl)CCCCC2)cc1. The van der Waals surface area contributed by atoms with Gasteiger partial charge in [-0.05, 0) is 36.5 Å². The molecule has 1 aliphatic carbocycles. The van der Waals surface area contributed by atoms with Gasteiger partial charge >= 0.3 is 0 Å². The summed E-state index contributed by atoms with van der Waals surface area (Å²) in [5.74, 6) is 0.991. The van der Waals surface area contributed by atoms with Crippen molar-refractivity contribution >= 4 is 17.5 Å². The van der Waals surface area contributed by atoms with Gasteiger partial charge in [0, 0.05) is 11.4 Å². The summed E-state index contributed by atoms with van der Waals surface area (Å²) >= 11 is 6.12. The lowest BCUT2D eigenvalue weighted by atomic mass is 9.83. The predicted octanol–water partition coefficient (Wildman–Crippen LogP) is 4.48. The number of halogens is 1. The highest BCUT2D eigenvalue weighted by Gasteiger charge is 2.32. The van der Waals surface area contributed by atoms with E-state index in [1.807, 2.05) is 24.3 Å². The molecule has 2 rings (SSSR count). The lowest BCUT2D eigenvalue weighted by molar-refractivity contribution is 0.0885. The Morgan fingerprint density at radius 2 is 1.80 bits per heavy atom. The summed E-state index contributed by atoms with van der Waals surface area (Å²) in [6.07, 6.45) is 5.54. The van der Waals surface area contributed by atoms with E-state index in [1.165, 1.54) is 12.0 Å². The van der Waals surface area contributed by atoms with Crippen molar-refractivity contribution in [1.29, 1.82) is 0 Å². The molecular weight excluding hydrogens is 270 g/mol. The van der Waals surface area contributed by atoms with Crippen LogP contribution in [0.15, 0.2) is 24.3 Å². The molecule has 2 nitrogen and oxygen atoms in total. The molecule has 20 heavy (non-hydrogen) atoms. The Balaban J connectivity index is 2.06. The smallest absolute Gasteiger partial charge is 0.251 e. The van der Waals surface area contributed by atoms with Crippen LogP contribution in [0.1, 0.15) is 67.8 Å². The van der Waals surface area contributed by atoms with Crippen molar-refractivity contribution in [1.82, 2.24) is 5.32 Å². The van der Waals surface area contributed by atoms with Gasteiger partial charge in [0.2, 0.25) is 0 Å². The fourth-order valence-electron chi connectivity index (χ4n) is 2.85. The van der Waals surface area contributed by atoms with Crippen molar-refractivity contribution in [2.75, 3.05) is 5.88 Å². The second-order valence-corrected chi connectivity index (χ2v) is 6.47. The van der Waals surface area contributed by atoms with Gasteiger partial charge in [0.1, 0.15) is 0 Å². The molecule has 110 valence electrons. The second kappa shape index (κ2) is 6.62. The number of amides is 1. The molecule has 1 fully saturated rings. The zero-order chi connectivity index (χ0) is 14.6. The number of benzene rings is 1. The van der Waals surface area contributed by atoms with Gasteiger partial charge in [-0.25, -0.2) is 0 Å². The Hall–Kier alpha value is -1.02. The number of alkyl halides is 1. The molecule has 1 aliphatic rings. The van der Waals surface area contributed by atoms with Crippen LogP contribution in [0.3, 0.4) is 0 Å². The number of nitrogens with one attached hydrogen (secondary N) is 1. The molecule has 0 aromatic heterocycles. The maximum Gasteiger partial charge on any atom is 0.251 e. The minimum atomic E-state index is -0.201. The van der Waals surface area contributed by atoms with E-state index in [4.69, 9.17) is 11.6 Å². The Morgan fingerprint density at radius 3 is 2.30 bits per heavy atom. The van der Waals surface area contributed by atoms with Gasteiger partial charge in [-0.2, -0.15) is 0 Å². The Bertz CT molecular complexity index is 447. The molecular formula is C17H24ClNO. The molecule has 0 heterocycles. The Labute approximate surface area is 126 Å². The van der Waals surface area contributed by atoms with Crippen molar-refractivity contribution in [2.45, 2.75) is 57.4 Å². The first kappa shape index (κ1) is 15.4. The van der Waals surface area contributed by atoms with Crippen LogP contribution in [0.4, 0.5) is 0 Å². The largest absolute Gasteiger partial charge is 0.345 e. The highest BCUT2D eigenvalue weighted by Crippen LogP contribution is 2.29. The maximum absolute atomic E-state index is 12.4. The van der Waals surface area contributed by atoms with Crippen LogP contribution in [-0.4, -0.2) is 17.3 Å². The number of hydrogen-bond acceptors (Lipinski definition) is 1. The molecule has 0 saturated heterocycles. The number of carbonyl (C=O) groups excluding carboxylic acids is 1. The molecule has 1 aromatic carbocycles. The summed E-state index contributed by atoms with van der Waals surface area (Å²) in [6, 6.07) is 7.90. The van der Waals surface area contributed by atoms with E-state index in [0.29, 0.717) is 11.8 Å². The summed E-state index contributed by atoms with van der Waals surface area (Å²) < 4.78 is 0. The van der Waals surface area contributed by atoms with E-state index in [-0.39, 0.29) is 11.4 Å². The van der Waals surface area contributed by atoms with Gasteiger partial charge in [-0.15, -0.1) is 11.6 Å². The molecule has 3 heteroatoms. The highest BCUT2D eigenvalue weighted by atomic mass is 35.5. The van der Waals surface area contributed by atoms with E-state index in [0.717, 1.165) is 31.2 Å².